The molecule has 0 heterocycles. The highest BCUT2D eigenvalue weighted by Crippen LogP contribution is 2.19. The molecular formula is C70H134O6. The van der Waals surface area contributed by atoms with E-state index in [1.54, 1.807) is 0 Å². The molecule has 1 atom stereocenters. The standard InChI is InChI=1S/C70H134O6/c1-4-7-10-13-16-19-22-25-28-31-33-34-35-37-39-42-45-48-51-54-57-60-63-69(72)75-66-67(65-74-68(71)62-59-56-53-50-47-44-41-38-30-27-24-21-18-15-12-9-6-3)76-70(73)64-61-58-55-52-49-46-43-40-36-32-29-26-23-20-17-14-11-8-5-2/h26,29,67H,4-25,27-28,30-66H2,1-3H3/b29-26-. The van der Waals surface area contributed by atoms with E-state index < -0.39 is 6.10 Å². The van der Waals surface area contributed by atoms with Gasteiger partial charge >= 0.3 is 17.9 Å². The van der Waals surface area contributed by atoms with E-state index in [9.17, 15) is 14.4 Å². The second-order valence-electron chi connectivity index (χ2n) is 23.8. The number of rotatable bonds is 65. The maximum atomic E-state index is 12.9. The van der Waals surface area contributed by atoms with Crippen LogP contribution in [0.3, 0.4) is 0 Å². The Morgan fingerprint density at radius 1 is 0.250 bits per heavy atom. The summed E-state index contributed by atoms with van der Waals surface area (Å²) >= 11 is 0. The Labute approximate surface area is 475 Å². The van der Waals surface area contributed by atoms with Gasteiger partial charge in [0.05, 0.1) is 0 Å². The third-order valence-electron chi connectivity index (χ3n) is 16.0. The molecule has 6 heteroatoms. The molecule has 0 aliphatic heterocycles. The average Bonchev–Trinajstić information content (AvgIpc) is 3.42. The number of unbranched alkanes of at least 4 members (excludes halogenated alkanes) is 52. The molecule has 6 nitrogen and oxygen atoms in total. The van der Waals surface area contributed by atoms with Crippen molar-refractivity contribution in [2.45, 2.75) is 406 Å². The average molecular weight is 1070 g/mol. The molecule has 450 valence electrons. The van der Waals surface area contributed by atoms with Crippen LogP contribution in [0.5, 0.6) is 0 Å². The summed E-state index contributed by atoms with van der Waals surface area (Å²) in [5.74, 6) is -0.829. The molecule has 0 aliphatic rings. The third kappa shape index (κ3) is 63.0. The molecule has 0 rings (SSSR count). The van der Waals surface area contributed by atoms with Gasteiger partial charge in [0, 0.05) is 19.3 Å². The zero-order chi connectivity index (χ0) is 55.0. The van der Waals surface area contributed by atoms with Gasteiger partial charge in [-0.3, -0.25) is 14.4 Å². The van der Waals surface area contributed by atoms with Gasteiger partial charge in [0.2, 0.25) is 0 Å². The van der Waals surface area contributed by atoms with Gasteiger partial charge in [-0.15, -0.1) is 0 Å². The van der Waals surface area contributed by atoms with Crippen LogP contribution in [-0.2, 0) is 28.6 Å². The smallest absolute Gasteiger partial charge is 0.306 e. The molecule has 1 unspecified atom stereocenters. The predicted octanol–water partition coefficient (Wildman–Crippen LogP) is 23.6. The normalized spacial score (nSPS) is 12.0. The monoisotopic (exact) mass is 1070 g/mol. The van der Waals surface area contributed by atoms with Crippen LogP contribution in [-0.4, -0.2) is 37.2 Å². The van der Waals surface area contributed by atoms with Crippen molar-refractivity contribution in [2.24, 2.45) is 0 Å². The predicted molar refractivity (Wildman–Crippen MR) is 330 cm³/mol. The molecule has 0 aromatic rings. The molecule has 0 bridgehead atoms. The van der Waals surface area contributed by atoms with Crippen molar-refractivity contribution >= 4 is 17.9 Å². The van der Waals surface area contributed by atoms with Crippen LogP contribution in [0.1, 0.15) is 400 Å². The first-order valence-corrected chi connectivity index (χ1v) is 34.7. The lowest BCUT2D eigenvalue weighted by atomic mass is 10.0. The first kappa shape index (κ1) is 74.2. The first-order valence-electron chi connectivity index (χ1n) is 34.7. The van der Waals surface area contributed by atoms with Gasteiger partial charge in [0.25, 0.3) is 0 Å². The summed E-state index contributed by atoms with van der Waals surface area (Å²) < 4.78 is 17.0. The van der Waals surface area contributed by atoms with Crippen molar-refractivity contribution in [2.75, 3.05) is 13.2 Å². The Balaban J connectivity index is 4.28. The molecule has 0 amide bonds. The number of hydrogen-bond donors (Lipinski definition) is 0. The van der Waals surface area contributed by atoms with Gasteiger partial charge in [-0.1, -0.05) is 348 Å². The van der Waals surface area contributed by atoms with Crippen molar-refractivity contribution in [3.63, 3.8) is 0 Å². The van der Waals surface area contributed by atoms with E-state index >= 15 is 0 Å². The zero-order valence-electron chi connectivity index (χ0n) is 51.8. The number of hydrogen-bond acceptors (Lipinski definition) is 6. The summed E-state index contributed by atoms with van der Waals surface area (Å²) in [4.78, 5) is 38.4. The molecule has 0 saturated carbocycles. The molecule has 76 heavy (non-hydrogen) atoms. The van der Waals surface area contributed by atoms with Gasteiger partial charge in [-0.2, -0.15) is 0 Å². The minimum absolute atomic E-state index is 0.0637. The Morgan fingerprint density at radius 3 is 0.658 bits per heavy atom. The highest BCUT2D eigenvalue weighted by molar-refractivity contribution is 5.71. The fraction of sp³-hybridized carbons (Fsp3) is 0.929. The second-order valence-corrected chi connectivity index (χ2v) is 23.8. The van der Waals surface area contributed by atoms with Gasteiger partial charge < -0.3 is 14.2 Å². The minimum atomic E-state index is -0.767. The highest BCUT2D eigenvalue weighted by atomic mass is 16.6. The first-order chi connectivity index (χ1) is 37.5. The Hall–Kier alpha value is -1.85. The van der Waals surface area contributed by atoms with E-state index in [0.717, 1.165) is 57.8 Å². The molecule has 0 spiro atoms. The number of ether oxygens (including phenoxy) is 3. The number of carbonyl (C=O) groups is 3. The molecular weight excluding hydrogens is 937 g/mol. The van der Waals surface area contributed by atoms with Gasteiger partial charge in [-0.25, -0.2) is 0 Å². The molecule has 0 saturated heterocycles. The van der Waals surface area contributed by atoms with E-state index in [-0.39, 0.29) is 31.1 Å². The highest BCUT2D eigenvalue weighted by Gasteiger charge is 2.19. The van der Waals surface area contributed by atoms with Gasteiger partial charge in [0.15, 0.2) is 6.10 Å². The van der Waals surface area contributed by atoms with Crippen molar-refractivity contribution in [3.8, 4) is 0 Å². The Morgan fingerprint density at radius 2 is 0.434 bits per heavy atom. The van der Waals surface area contributed by atoms with Crippen LogP contribution in [0, 0.1) is 0 Å². The molecule has 0 radical (unpaired) electrons. The molecule has 0 aliphatic carbocycles. The summed E-state index contributed by atoms with van der Waals surface area (Å²) in [6.07, 6.45) is 78.0. The van der Waals surface area contributed by atoms with Crippen LogP contribution < -0.4 is 0 Å². The van der Waals surface area contributed by atoms with Crippen molar-refractivity contribution in [1.29, 1.82) is 0 Å². The summed E-state index contributed by atoms with van der Waals surface area (Å²) in [5.41, 5.74) is 0. The van der Waals surface area contributed by atoms with Crippen molar-refractivity contribution < 1.29 is 28.6 Å². The fourth-order valence-electron chi connectivity index (χ4n) is 10.8. The summed E-state index contributed by atoms with van der Waals surface area (Å²) in [5, 5.41) is 0. The fourth-order valence-corrected chi connectivity index (χ4v) is 10.8. The summed E-state index contributed by atoms with van der Waals surface area (Å²) in [6.45, 7) is 6.73. The van der Waals surface area contributed by atoms with Gasteiger partial charge in [-0.05, 0) is 44.9 Å². The Bertz CT molecular complexity index is 1180. The minimum Gasteiger partial charge on any atom is -0.462 e. The lowest BCUT2D eigenvalue weighted by molar-refractivity contribution is -0.167. The maximum Gasteiger partial charge on any atom is 0.306 e. The van der Waals surface area contributed by atoms with Crippen molar-refractivity contribution in [3.05, 3.63) is 12.2 Å². The van der Waals surface area contributed by atoms with E-state index in [0.29, 0.717) is 19.3 Å². The SMILES string of the molecule is CCCCCCCC/C=C\CCCCCCCCCCCC(=O)OC(COC(=O)CCCCCCCCCCCCCCCCCCC)COC(=O)CCCCCCCCCCCCCCCCCCCCCCCC. The quantitative estimate of drug-likeness (QED) is 0.0261. The largest absolute Gasteiger partial charge is 0.462 e. The third-order valence-corrected chi connectivity index (χ3v) is 16.0. The summed E-state index contributed by atoms with van der Waals surface area (Å²) in [6, 6.07) is 0. The topological polar surface area (TPSA) is 78.9 Å². The summed E-state index contributed by atoms with van der Waals surface area (Å²) in [7, 11) is 0. The molecule has 0 fully saturated rings. The number of esters is 3. The zero-order valence-corrected chi connectivity index (χ0v) is 51.8. The second kappa shape index (κ2) is 65.7. The maximum absolute atomic E-state index is 12.9. The van der Waals surface area contributed by atoms with Crippen LogP contribution in [0.4, 0.5) is 0 Å². The number of allylic oxidation sites excluding steroid dienone is 2. The van der Waals surface area contributed by atoms with E-state index in [4.69, 9.17) is 14.2 Å². The Kier molecular flexibility index (Phi) is 64.1. The molecule has 0 aromatic carbocycles. The van der Waals surface area contributed by atoms with E-state index in [2.05, 4.69) is 32.9 Å². The number of carbonyl (C=O) groups excluding carboxylic acids is 3. The molecule has 0 aromatic heterocycles. The van der Waals surface area contributed by atoms with Crippen molar-refractivity contribution in [1.82, 2.24) is 0 Å². The van der Waals surface area contributed by atoms with Crippen LogP contribution in [0.2, 0.25) is 0 Å². The van der Waals surface area contributed by atoms with E-state index in [1.807, 2.05) is 0 Å². The van der Waals surface area contributed by atoms with Crippen LogP contribution >= 0.6 is 0 Å². The van der Waals surface area contributed by atoms with Gasteiger partial charge in [0.1, 0.15) is 13.2 Å². The van der Waals surface area contributed by atoms with Crippen LogP contribution in [0.25, 0.3) is 0 Å². The van der Waals surface area contributed by atoms with E-state index in [1.165, 1.54) is 302 Å². The molecule has 0 N–H and O–H groups in total. The lowest BCUT2D eigenvalue weighted by Crippen LogP contribution is -2.30. The van der Waals surface area contributed by atoms with Crippen LogP contribution in [0.15, 0.2) is 12.2 Å². The lowest BCUT2D eigenvalue weighted by Gasteiger charge is -2.18.